The third-order valence-corrected chi connectivity index (χ3v) is 9.67. The summed E-state index contributed by atoms with van der Waals surface area (Å²) in [6.45, 7) is 0. The minimum atomic E-state index is -0.525. The summed E-state index contributed by atoms with van der Waals surface area (Å²) in [5, 5.41) is 1.91. The van der Waals surface area contributed by atoms with Crippen molar-refractivity contribution in [2.24, 2.45) is 0 Å². The third-order valence-electron chi connectivity index (χ3n) is 9.67. The van der Waals surface area contributed by atoms with Gasteiger partial charge in [-0.15, -0.1) is 0 Å². The monoisotopic (exact) mass is 700 g/mol. The van der Waals surface area contributed by atoms with E-state index in [1.54, 1.807) is 24.3 Å². The van der Waals surface area contributed by atoms with Crippen LogP contribution in [0.2, 0.25) is 0 Å². The topological polar surface area (TPSA) is 65.0 Å². The van der Waals surface area contributed by atoms with Crippen LogP contribution in [0.4, 0.5) is 0 Å². The number of aromatic nitrogens is 3. The van der Waals surface area contributed by atoms with E-state index in [0.717, 1.165) is 33.0 Å². The second kappa shape index (κ2) is 12.1. The van der Waals surface area contributed by atoms with E-state index in [0.29, 0.717) is 39.7 Å². The molecule has 0 bridgehead atoms. The highest BCUT2D eigenvalue weighted by atomic mass is 16.3. The fraction of sp³-hybridized carbons (Fsp3) is 0. The van der Waals surface area contributed by atoms with Gasteiger partial charge in [-0.3, -0.25) is 0 Å². The molecule has 3 aromatic heterocycles. The van der Waals surface area contributed by atoms with Crippen molar-refractivity contribution in [1.29, 1.82) is 0 Å². The second-order valence-corrected chi connectivity index (χ2v) is 12.9. The van der Waals surface area contributed by atoms with Gasteiger partial charge in [-0.2, -0.15) is 0 Å². The van der Waals surface area contributed by atoms with E-state index in [4.69, 9.17) is 34.8 Å². The Morgan fingerprint density at radius 3 is 1.72 bits per heavy atom. The molecule has 0 saturated carbocycles. The first-order valence-corrected chi connectivity index (χ1v) is 17.3. The van der Waals surface area contributed by atoms with Gasteiger partial charge in [0.25, 0.3) is 0 Å². The first-order valence-electron chi connectivity index (χ1n) is 21.8. The summed E-state index contributed by atoms with van der Waals surface area (Å²) in [6, 6.07) is 34.5. The third kappa shape index (κ3) is 4.90. The zero-order valence-corrected chi connectivity index (χ0v) is 28.2. The molecular formula is C49H29N3O2. The first-order chi connectivity index (χ1) is 30.5. The van der Waals surface area contributed by atoms with Crippen LogP contribution in [0.25, 0.3) is 111 Å². The van der Waals surface area contributed by atoms with Gasteiger partial charge in [0.15, 0.2) is 17.5 Å². The summed E-state index contributed by atoms with van der Waals surface area (Å²) >= 11 is 0. The molecule has 0 spiro atoms. The molecule has 0 amide bonds. The molecule has 0 aliphatic heterocycles. The average Bonchev–Trinajstić information content (AvgIpc) is 3.91. The number of rotatable bonds is 5. The SMILES string of the molecule is [2H]c1c([2H])c([2H])c2c(oc3c4c([2H])c([2H])c([2H])c([2H])c4c(-c4ccc(-c5nc(-c6ccccc6)nc(-c6cc(-c7ccccc7)c7c(c6)oc6ccccc67)n5)cc4)c([2H])c32)c1[2H]. The first kappa shape index (κ1) is 22.5. The fourth-order valence-electron chi connectivity index (χ4n) is 7.16. The van der Waals surface area contributed by atoms with Crippen molar-refractivity contribution in [1.82, 2.24) is 15.0 Å². The Hall–Kier alpha value is -7.37. The van der Waals surface area contributed by atoms with Crippen LogP contribution in [0.15, 0.2) is 185 Å². The number of hydrogen-bond donors (Lipinski definition) is 0. The normalized spacial score (nSPS) is 14.0. The van der Waals surface area contributed by atoms with E-state index < -0.39 is 48.3 Å². The highest BCUT2D eigenvalue weighted by Gasteiger charge is 2.19. The smallest absolute Gasteiger partial charge is 0.164 e. The maximum Gasteiger partial charge on any atom is 0.164 e. The molecule has 0 fully saturated rings. The van der Waals surface area contributed by atoms with E-state index >= 15 is 0 Å². The van der Waals surface area contributed by atoms with Crippen molar-refractivity contribution in [3.05, 3.63) is 176 Å². The van der Waals surface area contributed by atoms with Crippen LogP contribution >= 0.6 is 0 Å². The Kier molecular flexibility index (Phi) is 5.06. The predicted octanol–water partition coefficient (Wildman–Crippen LogP) is 13.2. The average molecular weight is 701 g/mol. The highest BCUT2D eigenvalue weighted by molar-refractivity contribution is 6.19. The lowest BCUT2D eigenvalue weighted by atomic mass is 9.95. The molecule has 0 unspecified atom stereocenters. The van der Waals surface area contributed by atoms with E-state index in [2.05, 4.69) is 18.2 Å². The fourth-order valence-corrected chi connectivity index (χ4v) is 7.16. The molecule has 0 N–H and O–H groups in total. The number of furan rings is 2. The predicted molar refractivity (Wildman–Crippen MR) is 219 cm³/mol. The molecule has 54 heavy (non-hydrogen) atoms. The Bertz CT molecular complexity index is 3720. The molecule has 5 nitrogen and oxygen atoms in total. The van der Waals surface area contributed by atoms with Crippen LogP contribution in [-0.4, -0.2) is 15.0 Å². The molecule has 11 aromatic rings. The van der Waals surface area contributed by atoms with Crippen molar-refractivity contribution < 1.29 is 21.2 Å². The van der Waals surface area contributed by atoms with Crippen molar-refractivity contribution >= 4 is 54.6 Å². The lowest BCUT2D eigenvalue weighted by Gasteiger charge is -2.12. The van der Waals surface area contributed by atoms with E-state index in [1.165, 1.54) is 0 Å². The van der Waals surface area contributed by atoms with Crippen molar-refractivity contribution in [2.45, 2.75) is 0 Å². The van der Waals surface area contributed by atoms with Gasteiger partial charge < -0.3 is 8.83 Å². The summed E-state index contributed by atoms with van der Waals surface area (Å²) in [5.74, 6) is 1.18. The van der Waals surface area contributed by atoms with Crippen LogP contribution in [-0.2, 0) is 0 Å². The lowest BCUT2D eigenvalue weighted by Crippen LogP contribution is -2.00. The van der Waals surface area contributed by atoms with Gasteiger partial charge in [0, 0.05) is 43.6 Å². The molecule has 0 aliphatic carbocycles. The number of benzene rings is 8. The maximum absolute atomic E-state index is 9.57. The molecule has 11 rings (SSSR count). The van der Waals surface area contributed by atoms with E-state index in [-0.39, 0.29) is 44.3 Å². The summed E-state index contributed by atoms with van der Waals surface area (Å²) in [5.41, 5.74) is 5.67. The molecular weight excluding hydrogens is 663 g/mol. The summed E-state index contributed by atoms with van der Waals surface area (Å²) in [6.07, 6.45) is 0. The van der Waals surface area contributed by atoms with Crippen molar-refractivity contribution in [3.8, 4) is 56.4 Å². The largest absolute Gasteiger partial charge is 0.456 e. The molecule has 0 aliphatic rings. The lowest BCUT2D eigenvalue weighted by molar-refractivity contribution is 0.669. The van der Waals surface area contributed by atoms with Crippen LogP contribution in [0.5, 0.6) is 0 Å². The Labute approximate surface area is 322 Å². The quantitative estimate of drug-likeness (QED) is 0.179. The molecule has 0 atom stereocenters. The molecule has 252 valence electrons. The van der Waals surface area contributed by atoms with Crippen LogP contribution in [0, 0.1) is 0 Å². The zero-order valence-electron chi connectivity index (χ0n) is 37.2. The van der Waals surface area contributed by atoms with Gasteiger partial charge in [-0.05, 0) is 57.9 Å². The highest BCUT2D eigenvalue weighted by Crippen LogP contribution is 2.42. The Morgan fingerprint density at radius 2 is 0.963 bits per heavy atom. The maximum atomic E-state index is 9.57. The van der Waals surface area contributed by atoms with E-state index in [1.807, 2.05) is 78.9 Å². The van der Waals surface area contributed by atoms with Gasteiger partial charge in [0.1, 0.15) is 22.3 Å². The Balaban J connectivity index is 1.13. The molecule has 8 aromatic carbocycles. The van der Waals surface area contributed by atoms with Crippen molar-refractivity contribution in [3.63, 3.8) is 0 Å². The number of hydrogen-bond acceptors (Lipinski definition) is 5. The van der Waals surface area contributed by atoms with Gasteiger partial charge in [0.2, 0.25) is 0 Å². The number of fused-ring (bicyclic) bond motifs is 8. The van der Waals surface area contributed by atoms with Gasteiger partial charge >= 0.3 is 0 Å². The van der Waals surface area contributed by atoms with Crippen LogP contribution in [0.3, 0.4) is 0 Å². The standard InChI is InChI=1S/C49H29N3O2/c1-3-13-30(14-4-1)40-27-34(28-44-45(40)38-20-10-12-22-43(38)53-44)49-51-47(32-15-5-2-6-16-32)50-48(52-49)33-25-23-31(24-26-33)39-29-41-36-18-9-11-21-42(36)54-46(41)37-19-8-7-17-35(37)39/h1-29H/i7D,8D,9D,11D,17D,18D,19D,21D,29D. The second-order valence-electron chi connectivity index (χ2n) is 12.9. The zero-order chi connectivity index (χ0) is 43.4. The minimum absolute atomic E-state index is 0.0134. The van der Waals surface area contributed by atoms with Gasteiger partial charge in [-0.25, -0.2) is 15.0 Å². The summed E-state index contributed by atoms with van der Waals surface area (Å²) in [7, 11) is 0. The molecule has 0 radical (unpaired) electrons. The number of nitrogens with zero attached hydrogens (tertiary/aromatic N) is 3. The van der Waals surface area contributed by atoms with Crippen molar-refractivity contribution in [2.75, 3.05) is 0 Å². The van der Waals surface area contributed by atoms with Crippen LogP contribution in [0.1, 0.15) is 12.3 Å². The van der Waals surface area contributed by atoms with Gasteiger partial charge in [0.05, 0.1) is 12.3 Å². The minimum Gasteiger partial charge on any atom is -0.456 e. The Morgan fingerprint density at radius 1 is 0.389 bits per heavy atom. The van der Waals surface area contributed by atoms with E-state index in [9.17, 15) is 1.37 Å². The molecule has 5 heteroatoms. The molecule has 0 saturated heterocycles. The summed E-state index contributed by atoms with van der Waals surface area (Å²) < 4.78 is 91.1. The van der Waals surface area contributed by atoms with Crippen LogP contribution < -0.4 is 0 Å². The summed E-state index contributed by atoms with van der Waals surface area (Å²) in [4.78, 5) is 14.9. The molecule has 3 heterocycles. The van der Waals surface area contributed by atoms with Gasteiger partial charge in [-0.1, -0.05) is 145 Å². The number of para-hydroxylation sites is 2.